The second kappa shape index (κ2) is 7.90. The molecule has 0 saturated carbocycles. The van der Waals surface area contributed by atoms with Crippen LogP contribution in [0.15, 0.2) is 33.9 Å². The van der Waals surface area contributed by atoms with Gasteiger partial charge in [0.05, 0.1) is 23.9 Å². The lowest BCUT2D eigenvalue weighted by atomic mass is 10.2. The fraction of sp³-hybridized carbons (Fsp3) is 0.333. The molecule has 0 spiro atoms. The zero-order chi connectivity index (χ0) is 21.3. The van der Waals surface area contributed by atoms with E-state index in [1.165, 1.54) is 4.57 Å². The van der Waals surface area contributed by atoms with Crippen LogP contribution in [0.4, 0.5) is 5.95 Å². The van der Waals surface area contributed by atoms with Crippen LogP contribution >= 0.6 is 0 Å². The van der Waals surface area contributed by atoms with Gasteiger partial charge in [-0.1, -0.05) is 5.92 Å². The second-order valence-corrected chi connectivity index (χ2v) is 6.97. The van der Waals surface area contributed by atoms with Gasteiger partial charge in [0, 0.05) is 33.2 Å². The predicted molar refractivity (Wildman–Crippen MR) is 114 cm³/mol. The Morgan fingerprint density at radius 2 is 1.87 bits per heavy atom. The maximum atomic E-state index is 13.5. The molecule has 1 fully saturated rings. The van der Waals surface area contributed by atoms with Crippen LogP contribution in [0.2, 0.25) is 0 Å². The highest BCUT2D eigenvalue weighted by molar-refractivity contribution is 5.75. The van der Waals surface area contributed by atoms with Crippen LogP contribution in [-0.4, -0.2) is 44.9 Å². The van der Waals surface area contributed by atoms with Crippen LogP contribution in [0.5, 0.6) is 0 Å². The highest BCUT2D eigenvalue weighted by Gasteiger charge is 2.24. The first-order valence-corrected chi connectivity index (χ1v) is 9.65. The van der Waals surface area contributed by atoms with E-state index < -0.39 is 11.2 Å². The summed E-state index contributed by atoms with van der Waals surface area (Å²) < 4.78 is 4.29. The van der Waals surface area contributed by atoms with Crippen molar-refractivity contribution >= 4 is 17.1 Å². The Balaban J connectivity index is 2.01. The Morgan fingerprint density at radius 3 is 2.50 bits per heavy atom. The molecule has 0 radical (unpaired) electrons. The Bertz CT molecular complexity index is 1320. The average Bonchev–Trinajstić information content (AvgIpc) is 3.17. The fourth-order valence-electron chi connectivity index (χ4n) is 3.63. The van der Waals surface area contributed by atoms with Crippen molar-refractivity contribution in [2.45, 2.75) is 13.5 Å². The van der Waals surface area contributed by atoms with Crippen molar-refractivity contribution in [2.75, 3.05) is 31.1 Å². The zero-order valence-electron chi connectivity index (χ0n) is 16.8. The number of aryl methyl sites for hydroxylation is 1. The largest absolute Gasteiger partial charge is 0.340 e. The van der Waals surface area contributed by atoms with Crippen LogP contribution < -0.4 is 21.5 Å². The number of nitriles is 1. The number of nitrogens with zero attached hydrogens (tertiary/aromatic N) is 6. The monoisotopic (exact) mass is 403 g/mol. The lowest BCUT2D eigenvalue weighted by molar-refractivity contribution is 0.573. The van der Waals surface area contributed by atoms with E-state index in [1.807, 2.05) is 6.07 Å². The van der Waals surface area contributed by atoms with Crippen molar-refractivity contribution in [1.29, 1.82) is 5.26 Å². The molecule has 3 aromatic rings. The zero-order valence-corrected chi connectivity index (χ0v) is 16.8. The van der Waals surface area contributed by atoms with Gasteiger partial charge in [-0.25, -0.2) is 9.36 Å². The van der Waals surface area contributed by atoms with E-state index in [2.05, 4.69) is 27.0 Å². The minimum absolute atomic E-state index is 0.299. The van der Waals surface area contributed by atoms with Gasteiger partial charge in [-0.05, 0) is 31.2 Å². The van der Waals surface area contributed by atoms with Crippen molar-refractivity contribution < 1.29 is 0 Å². The quantitative estimate of drug-likeness (QED) is 0.627. The SMILES string of the molecule is CC#CCn1c(N2CCNCC2)nc2c1c(=O)n(-c1ccc(C#N)cc1)c(=O)n2C. The van der Waals surface area contributed by atoms with Gasteiger partial charge >= 0.3 is 5.69 Å². The van der Waals surface area contributed by atoms with Crippen LogP contribution in [0.25, 0.3) is 16.9 Å². The first-order valence-electron chi connectivity index (χ1n) is 9.65. The molecule has 1 aliphatic rings. The fourth-order valence-corrected chi connectivity index (χ4v) is 3.63. The first-order chi connectivity index (χ1) is 14.6. The smallest absolute Gasteiger partial charge is 0.337 e. The van der Waals surface area contributed by atoms with Gasteiger partial charge in [-0.15, -0.1) is 5.92 Å². The molecule has 3 heterocycles. The number of anilines is 1. The summed E-state index contributed by atoms with van der Waals surface area (Å²) >= 11 is 0. The normalized spacial score (nSPS) is 13.7. The number of rotatable bonds is 3. The third kappa shape index (κ3) is 3.15. The summed E-state index contributed by atoms with van der Waals surface area (Å²) in [6.45, 7) is 5.18. The van der Waals surface area contributed by atoms with Gasteiger partial charge in [0.1, 0.15) is 0 Å². The van der Waals surface area contributed by atoms with E-state index in [-0.39, 0.29) is 0 Å². The Morgan fingerprint density at radius 1 is 1.17 bits per heavy atom. The highest BCUT2D eigenvalue weighted by atomic mass is 16.2. The summed E-state index contributed by atoms with van der Waals surface area (Å²) in [7, 11) is 1.61. The molecular weight excluding hydrogens is 382 g/mol. The summed E-state index contributed by atoms with van der Waals surface area (Å²) in [6.07, 6.45) is 0. The summed E-state index contributed by atoms with van der Waals surface area (Å²) in [4.78, 5) is 33.3. The Labute approximate surface area is 172 Å². The van der Waals surface area contributed by atoms with E-state index in [1.54, 1.807) is 42.8 Å². The third-order valence-electron chi connectivity index (χ3n) is 5.20. The minimum atomic E-state index is -0.490. The molecule has 0 aliphatic carbocycles. The van der Waals surface area contributed by atoms with E-state index in [4.69, 9.17) is 5.26 Å². The number of nitrogens with one attached hydrogen (secondary N) is 1. The van der Waals surface area contributed by atoms with Gasteiger partial charge in [0.25, 0.3) is 5.56 Å². The van der Waals surface area contributed by atoms with Crippen LogP contribution in [0.3, 0.4) is 0 Å². The number of imidazole rings is 1. The molecule has 1 N–H and O–H groups in total. The van der Waals surface area contributed by atoms with Gasteiger partial charge in [-0.2, -0.15) is 10.2 Å². The predicted octanol–water partition coefficient (Wildman–Crippen LogP) is 0.190. The molecule has 152 valence electrons. The molecule has 2 aromatic heterocycles. The third-order valence-corrected chi connectivity index (χ3v) is 5.20. The Hall–Kier alpha value is -3.82. The number of piperazine rings is 1. The van der Waals surface area contributed by atoms with Crippen molar-refractivity contribution in [1.82, 2.24) is 24.0 Å². The van der Waals surface area contributed by atoms with Crippen molar-refractivity contribution in [3.63, 3.8) is 0 Å². The number of aromatic nitrogens is 4. The van der Waals surface area contributed by atoms with E-state index in [0.29, 0.717) is 34.9 Å². The number of hydrogen-bond donors (Lipinski definition) is 1. The molecular formula is C21H21N7O2. The summed E-state index contributed by atoms with van der Waals surface area (Å²) in [6, 6.07) is 8.39. The molecule has 1 aromatic carbocycles. The molecule has 1 saturated heterocycles. The maximum Gasteiger partial charge on any atom is 0.337 e. The van der Waals surface area contributed by atoms with Crippen LogP contribution in [-0.2, 0) is 13.6 Å². The molecule has 1 aliphatic heterocycles. The molecule has 0 bridgehead atoms. The molecule has 0 atom stereocenters. The number of hydrogen-bond acceptors (Lipinski definition) is 6. The summed E-state index contributed by atoms with van der Waals surface area (Å²) in [5.41, 5.74) is 0.576. The first kappa shape index (κ1) is 19.5. The van der Waals surface area contributed by atoms with Gasteiger partial charge in [0.2, 0.25) is 5.95 Å². The Kier molecular flexibility index (Phi) is 5.13. The molecule has 4 rings (SSSR count). The standard InChI is InChI=1S/C21H21N7O2/c1-3-4-11-27-17-18(24-20(27)26-12-9-23-10-13-26)25(2)21(30)28(19(17)29)16-7-5-15(14-22)6-8-16/h5-8,23H,9-13H2,1-2H3. The highest BCUT2D eigenvalue weighted by Crippen LogP contribution is 2.20. The lowest BCUT2D eigenvalue weighted by Gasteiger charge is -2.28. The topological polar surface area (TPSA) is 101 Å². The van der Waals surface area contributed by atoms with E-state index >= 15 is 0 Å². The summed E-state index contributed by atoms with van der Waals surface area (Å²) in [5, 5.41) is 12.3. The van der Waals surface area contributed by atoms with E-state index in [9.17, 15) is 9.59 Å². The van der Waals surface area contributed by atoms with Crippen molar-refractivity contribution in [3.8, 4) is 23.6 Å². The van der Waals surface area contributed by atoms with Gasteiger partial charge in [-0.3, -0.25) is 13.9 Å². The molecule has 9 nitrogen and oxygen atoms in total. The molecule has 0 unspecified atom stereocenters. The number of benzene rings is 1. The second-order valence-electron chi connectivity index (χ2n) is 6.97. The molecule has 30 heavy (non-hydrogen) atoms. The van der Waals surface area contributed by atoms with Gasteiger partial charge in [0.15, 0.2) is 11.2 Å². The van der Waals surface area contributed by atoms with Crippen LogP contribution in [0.1, 0.15) is 12.5 Å². The summed E-state index contributed by atoms with van der Waals surface area (Å²) in [5.74, 6) is 6.52. The maximum absolute atomic E-state index is 13.5. The van der Waals surface area contributed by atoms with Crippen molar-refractivity contribution in [2.24, 2.45) is 7.05 Å². The van der Waals surface area contributed by atoms with Crippen molar-refractivity contribution in [3.05, 3.63) is 50.7 Å². The van der Waals surface area contributed by atoms with E-state index in [0.717, 1.165) is 30.7 Å². The van der Waals surface area contributed by atoms with Crippen LogP contribution in [0, 0.1) is 23.2 Å². The molecule has 9 heteroatoms. The average molecular weight is 403 g/mol. The minimum Gasteiger partial charge on any atom is -0.340 e. The molecule has 0 amide bonds. The van der Waals surface area contributed by atoms with Gasteiger partial charge < -0.3 is 10.2 Å². The number of fused-ring (bicyclic) bond motifs is 1. The lowest BCUT2D eigenvalue weighted by Crippen LogP contribution is -2.44.